The molecule has 0 atom stereocenters. The average molecular weight is 286 g/mol. The zero-order valence-corrected chi connectivity index (χ0v) is 11.9. The maximum absolute atomic E-state index is 11.3. The third kappa shape index (κ3) is 2.10. The lowest BCUT2D eigenvalue weighted by molar-refractivity contribution is 0.0685. The number of carboxylic acids is 1. The zero-order valence-electron chi connectivity index (χ0n) is 11.0. The molecule has 4 nitrogen and oxygen atoms in total. The molecule has 1 N–H and O–H groups in total. The summed E-state index contributed by atoms with van der Waals surface area (Å²) in [6.45, 7) is 2.74. The van der Waals surface area contributed by atoms with Gasteiger partial charge in [0.25, 0.3) is 0 Å². The van der Waals surface area contributed by atoms with Crippen LogP contribution in [0.25, 0.3) is 21.5 Å². The van der Waals surface area contributed by atoms with E-state index in [2.05, 4.69) is 11.1 Å². The molecule has 2 aromatic heterocycles. The van der Waals surface area contributed by atoms with E-state index < -0.39 is 5.97 Å². The first-order valence-corrected chi connectivity index (χ1v) is 7.35. The van der Waals surface area contributed by atoms with Gasteiger partial charge in [-0.25, -0.2) is 9.78 Å². The molecule has 0 saturated heterocycles. The number of aromatic carboxylic acids is 1. The van der Waals surface area contributed by atoms with Crippen molar-refractivity contribution in [2.75, 3.05) is 0 Å². The van der Waals surface area contributed by atoms with Crippen LogP contribution in [0.1, 0.15) is 23.8 Å². The summed E-state index contributed by atoms with van der Waals surface area (Å²) in [6, 6.07) is 9.59. The van der Waals surface area contributed by atoms with Gasteiger partial charge in [-0.3, -0.25) is 0 Å². The Bertz CT molecular complexity index is 773. The van der Waals surface area contributed by atoms with Crippen molar-refractivity contribution in [1.82, 2.24) is 9.55 Å². The van der Waals surface area contributed by atoms with Gasteiger partial charge in [0, 0.05) is 12.2 Å². The zero-order chi connectivity index (χ0) is 14.1. The number of hydrogen-bond donors (Lipinski definition) is 1. The van der Waals surface area contributed by atoms with Crippen LogP contribution in [-0.2, 0) is 6.54 Å². The van der Waals surface area contributed by atoms with Crippen LogP contribution in [0.5, 0.6) is 0 Å². The predicted octanol–water partition coefficient (Wildman–Crippen LogP) is 3.87. The van der Waals surface area contributed by atoms with E-state index >= 15 is 0 Å². The van der Waals surface area contributed by atoms with Gasteiger partial charge in [-0.1, -0.05) is 13.0 Å². The Labute approximate surface area is 120 Å². The monoisotopic (exact) mass is 286 g/mol. The van der Waals surface area contributed by atoms with Gasteiger partial charge < -0.3 is 9.67 Å². The van der Waals surface area contributed by atoms with Crippen molar-refractivity contribution in [1.29, 1.82) is 0 Å². The first-order valence-electron chi connectivity index (χ1n) is 6.47. The predicted molar refractivity (Wildman–Crippen MR) is 80.3 cm³/mol. The van der Waals surface area contributed by atoms with Crippen LogP contribution < -0.4 is 0 Å². The summed E-state index contributed by atoms with van der Waals surface area (Å²) < 4.78 is 2.98. The van der Waals surface area contributed by atoms with Gasteiger partial charge in [-0.15, -0.1) is 11.3 Å². The van der Waals surface area contributed by atoms with Crippen LogP contribution in [-0.4, -0.2) is 20.6 Å². The molecule has 0 aliphatic heterocycles. The number of thiazole rings is 1. The van der Waals surface area contributed by atoms with E-state index in [1.807, 2.05) is 35.2 Å². The van der Waals surface area contributed by atoms with Crippen molar-refractivity contribution in [3.05, 3.63) is 41.5 Å². The van der Waals surface area contributed by atoms with E-state index in [1.54, 1.807) is 17.4 Å². The number of carboxylic acid groups (broad SMARTS) is 1. The van der Waals surface area contributed by atoms with Crippen molar-refractivity contribution in [2.45, 2.75) is 19.9 Å². The minimum Gasteiger partial charge on any atom is -0.477 e. The lowest BCUT2D eigenvalue weighted by Crippen LogP contribution is -2.09. The summed E-state index contributed by atoms with van der Waals surface area (Å²) in [5.74, 6) is -0.886. The lowest BCUT2D eigenvalue weighted by atomic mass is 10.1. The molecule has 20 heavy (non-hydrogen) atoms. The standard InChI is InChI=1S/C15H14N2O2S/c1-2-7-17-12(5-6-13(17)15(18)19)10-3-4-11-14(8-10)20-9-16-11/h3-6,8-9H,2,7H2,1H3,(H,18,19). The van der Waals surface area contributed by atoms with Crippen LogP contribution in [0.3, 0.4) is 0 Å². The van der Waals surface area contributed by atoms with Gasteiger partial charge >= 0.3 is 5.97 Å². The Hall–Kier alpha value is -2.14. The summed E-state index contributed by atoms with van der Waals surface area (Å²) in [7, 11) is 0. The highest BCUT2D eigenvalue weighted by molar-refractivity contribution is 7.16. The second kappa shape index (κ2) is 5.09. The topological polar surface area (TPSA) is 55.1 Å². The van der Waals surface area contributed by atoms with Crippen LogP contribution in [0, 0.1) is 0 Å². The van der Waals surface area contributed by atoms with Crippen LogP contribution in [0.2, 0.25) is 0 Å². The minimum atomic E-state index is -0.886. The summed E-state index contributed by atoms with van der Waals surface area (Å²) >= 11 is 1.59. The van der Waals surface area contributed by atoms with Crippen molar-refractivity contribution in [2.24, 2.45) is 0 Å². The molecule has 0 unspecified atom stereocenters. The molecule has 0 spiro atoms. The summed E-state index contributed by atoms with van der Waals surface area (Å²) in [6.07, 6.45) is 0.894. The average Bonchev–Trinajstić information content (AvgIpc) is 3.04. The Morgan fingerprint density at radius 3 is 2.95 bits per heavy atom. The number of aromatic nitrogens is 2. The van der Waals surface area contributed by atoms with E-state index in [1.165, 1.54) is 0 Å². The number of hydrogen-bond acceptors (Lipinski definition) is 3. The molecule has 0 aliphatic rings. The van der Waals surface area contributed by atoms with Crippen molar-refractivity contribution in [3.63, 3.8) is 0 Å². The molecule has 0 aliphatic carbocycles. The summed E-state index contributed by atoms with van der Waals surface area (Å²) in [5.41, 5.74) is 5.11. The van der Waals surface area contributed by atoms with E-state index in [4.69, 9.17) is 0 Å². The molecular weight excluding hydrogens is 272 g/mol. The Morgan fingerprint density at radius 2 is 2.20 bits per heavy atom. The quantitative estimate of drug-likeness (QED) is 0.792. The lowest BCUT2D eigenvalue weighted by Gasteiger charge is -2.10. The molecule has 3 rings (SSSR count). The molecule has 3 aromatic rings. The summed E-state index contributed by atoms with van der Waals surface area (Å²) in [5, 5.41) is 9.26. The highest BCUT2D eigenvalue weighted by Gasteiger charge is 2.15. The number of carbonyl (C=O) groups is 1. The van der Waals surface area contributed by atoms with Crippen LogP contribution in [0.15, 0.2) is 35.8 Å². The Balaban J connectivity index is 2.14. The van der Waals surface area contributed by atoms with E-state index in [0.717, 1.165) is 27.9 Å². The minimum absolute atomic E-state index is 0.339. The molecule has 0 radical (unpaired) electrons. The second-order valence-electron chi connectivity index (χ2n) is 4.60. The van der Waals surface area contributed by atoms with E-state index in [0.29, 0.717) is 12.2 Å². The first-order chi connectivity index (χ1) is 9.70. The molecule has 0 bridgehead atoms. The van der Waals surface area contributed by atoms with Crippen molar-refractivity contribution in [3.8, 4) is 11.3 Å². The molecule has 2 heterocycles. The van der Waals surface area contributed by atoms with Gasteiger partial charge in [-0.2, -0.15) is 0 Å². The Morgan fingerprint density at radius 1 is 1.35 bits per heavy atom. The summed E-state index contributed by atoms with van der Waals surface area (Å²) in [4.78, 5) is 15.5. The van der Waals surface area contributed by atoms with Crippen molar-refractivity contribution < 1.29 is 9.90 Å². The molecule has 0 fully saturated rings. The SMILES string of the molecule is CCCn1c(C(=O)O)ccc1-c1ccc2ncsc2c1. The van der Waals surface area contributed by atoms with Gasteiger partial charge in [0.2, 0.25) is 0 Å². The van der Waals surface area contributed by atoms with Gasteiger partial charge in [0.15, 0.2) is 0 Å². The largest absolute Gasteiger partial charge is 0.477 e. The molecule has 102 valence electrons. The maximum atomic E-state index is 11.3. The number of fused-ring (bicyclic) bond motifs is 1. The van der Waals surface area contributed by atoms with Crippen LogP contribution >= 0.6 is 11.3 Å². The first kappa shape index (κ1) is 12.9. The fourth-order valence-electron chi connectivity index (χ4n) is 2.39. The normalized spacial score (nSPS) is 11.1. The molecular formula is C15H14N2O2S. The third-order valence-corrected chi connectivity index (χ3v) is 4.07. The van der Waals surface area contributed by atoms with Gasteiger partial charge in [-0.05, 0) is 36.2 Å². The van der Waals surface area contributed by atoms with E-state index in [9.17, 15) is 9.90 Å². The number of benzene rings is 1. The van der Waals surface area contributed by atoms with Crippen LogP contribution in [0.4, 0.5) is 0 Å². The Kier molecular flexibility index (Phi) is 3.28. The number of nitrogens with zero attached hydrogens (tertiary/aromatic N) is 2. The fraction of sp³-hybridized carbons (Fsp3) is 0.200. The fourth-order valence-corrected chi connectivity index (χ4v) is 3.10. The molecule has 1 aromatic carbocycles. The van der Waals surface area contributed by atoms with E-state index in [-0.39, 0.29) is 0 Å². The second-order valence-corrected chi connectivity index (χ2v) is 5.48. The molecule has 5 heteroatoms. The molecule has 0 amide bonds. The van der Waals surface area contributed by atoms with Gasteiger partial charge in [0.1, 0.15) is 5.69 Å². The number of rotatable bonds is 4. The van der Waals surface area contributed by atoms with Gasteiger partial charge in [0.05, 0.1) is 15.7 Å². The maximum Gasteiger partial charge on any atom is 0.352 e. The smallest absolute Gasteiger partial charge is 0.352 e. The van der Waals surface area contributed by atoms with Crippen molar-refractivity contribution >= 4 is 27.5 Å². The third-order valence-electron chi connectivity index (χ3n) is 3.27. The highest BCUT2D eigenvalue weighted by atomic mass is 32.1. The molecule has 0 saturated carbocycles. The highest BCUT2D eigenvalue weighted by Crippen LogP contribution is 2.28.